The van der Waals surface area contributed by atoms with Crippen LogP contribution in [0.1, 0.15) is 46.0 Å². The van der Waals surface area contributed by atoms with Gasteiger partial charge in [-0.05, 0) is 44.4 Å². The number of nitrogens with zero attached hydrogens (tertiary/aromatic N) is 1. The summed E-state index contributed by atoms with van der Waals surface area (Å²) < 4.78 is 0. The van der Waals surface area contributed by atoms with Crippen LogP contribution in [-0.4, -0.2) is 46.6 Å². The highest BCUT2D eigenvalue weighted by Gasteiger charge is 2.39. The van der Waals surface area contributed by atoms with E-state index in [1.54, 1.807) is 0 Å². The molecule has 3 saturated heterocycles. The number of nitrogens with one attached hydrogen (secondary N) is 1. The first-order valence-electron chi connectivity index (χ1n) is 7.41. The Morgan fingerprint density at radius 1 is 1.18 bits per heavy atom. The van der Waals surface area contributed by atoms with Crippen molar-refractivity contribution in [3.8, 4) is 0 Å². The molecule has 3 aliphatic heterocycles. The molecule has 0 aliphatic carbocycles. The van der Waals surface area contributed by atoms with Crippen LogP contribution in [0.25, 0.3) is 0 Å². The van der Waals surface area contributed by atoms with E-state index >= 15 is 0 Å². The molecule has 3 heteroatoms. The van der Waals surface area contributed by atoms with Gasteiger partial charge in [-0.2, -0.15) is 11.8 Å². The van der Waals surface area contributed by atoms with Crippen molar-refractivity contribution >= 4 is 11.8 Å². The standard InChI is InChI=1S/C14H26N2S/c1-3-16(14-6-7-17-10(14)2)13-8-11-4-5-12(9-13)15-11/h10-15H,3-9H2,1-2H3. The number of piperidine rings is 1. The molecule has 2 bridgehead atoms. The van der Waals surface area contributed by atoms with Gasteiger partial charge in [-0.25, -0.2) is 0 Å². The third-order valence-electron chi connectivity index (χ3n) is 5.04. The van der Waals surface area contributed by atoms with Crippen molar-refractivity contribution in [1.29, 1.82) is 0 Å². The molecule has 3 aliphatic rings. The number of thioether (sulfide) groups is 1. The lowest BCUT2D eigenvalue weighted by molar-refractivity contribution is 0.101. The van der Waals surface area contributed by atoms with Gasteiger partial charge in [0.25, 0.3) is 0 Å². The number of rotatable bonds is 3. The molecule has 3 rings (SSSR count). The predicted molar refractivity (Wildman–Crippen MR) is 75.7 cm³/mol. The summed E-state index contributed by atoms with van der Waals surface area (Å²) in [6.07, 6.45) is 7.07. The van der Waals surface area contributed by atoms with Crippen LogP contribution >= 0.6 is 11.8 Å². The summed E-state index contributed by atoms with van der Waals surface area (Å²) in [5, 5.41) is 4.62. The summed E-state index contributed by atoms with van der Waals surface area (Å²) in [6.45, 7) is 6.04. The summed E-state index contributed by atoms with van der Waals surface area (Å²) in [4.78, 5) is 2.84. The topological polar surface area (TPSA) is 15.3 Å². The third-order valence-corrected chi connectivity index (χ3v) is 6.36. The van der Waals surface area contributed by atoms with Crippen molar-refractivity contribution in [2.24, 2.45) is 0 Å². The number of hydrogen-bond acceptors (Lipinski definition) is 3. The van der Waals surface area contributed by atoms with E-state index in [4.69, 9.17) is 0 Å². The van der Waals surface area contributed by atoms with E-state index in [0.717, 1.165) is 29.4 Å². The second kappa shape index (κ2) is 5.10. The zero-order chi connectivity index (χ0) is 11.8. The van der Waals surface area contributed by atoms with Gasteiger partial charge in [0.1, 0.15) is 0 Å². The van der Waals surface area contributed by atoms with Crippen LogP contribution in [0.15, 0.2) is 0 Å². The zero-order valence-electron chi connectivity index (χ0n) is 11.2. The van der Waals surface area contributed by atoms with Crippen LogP contribution in [-0.2, 0) is 0 Å². The maximum Gasteiger partial charge on any atom is 0.0222 e. The van der Waals surface area contributed by atoms with Crippen LogP contribution in [0.4, 0.5) is 0 Å². The van der Waals surface area contributed by atoms with Crippen molar-refractivity contribution in [3.05, 3.63) is 0 Å². The fourth-order valence-electron chi connectivity index (χ4n) is 4.22. The maximum atomic E-state index is 3.77. The number of fused-ring (bicyclic) bond motifs is 2. The molecule has 0 spiro atoms. The van der Waals surface area contributed by atoms with Crippen molar-refractivity contribution < 1.29 is 0 Å². The van der Waals surface area contributed by atoms with Crippen molar-refractivity contribution in [2.45, 2.75) is 75.4 Å². The first kappa shape index (κ1) is 12.3. The van der Waals surface area contributed by atoms with E-state index in [-0.39, 0.29) is 0 Å². The fourth-order valence-corrected chi connectivity index (χ4v) is 5.48. The monoisotopic (exact) mass is 254 g/mol. The molecule has 4 unspecified atom stereocenters. The van der Waals surface area contributed by atoms with E-state index in [0.29, 0.717) is 0 Å². The molecule has 0 amide bonds. The Kier molecular flexibility index (Phi) is 3.69. The molecule has 1 N–H and O–H groups in total. The summed E-state index contributed by atoms with van der Waals surface area (Å²) in [6, 6.07) is 3.38. The number of hydrogen-bond donors (Lipinski definition) is 1. The maximum absolute atomic E-state index is 3.77. The SMILES string of the molecule is CCN(C1CC2CCC(C1)N2)C1CCSC1C. The Balaban J connectivity index is 1.68. The molecule has 0 aromatic heterocycles. The molecule has 2 nitrogen and oxygen atoms in total. The second-order valence-electron chi connectivity index (χ2n) is 6.03. The van der Waals surface area contributed by atoms with Gasteiger partial charge >= 0.3 is 0 Å². The minimum Gasteiger partial charge on any atom is -0.311 e. The van der Waals surface area contributed by atoms with Crippen LogP contribution in [0.2, 0.25) is 0 Å². The summed E-state index contributed by atoms with van der Waals surface area (Å²) >= 11 is 2.17. The Bertz CT molecular complexity index is 259. The van der Waals surface area contributed by atoms with Gasteiger partial charge in [-0.3, -0.25) is 4.90 Å². The van der Waals surface area contributed by atoms with Crippen LogP contribution < -0.4 is 5.32 Å². The molecular formula is C14H26N2S. The highest BCUT2D eigenvalue weighted by atomic mass is 32.2. The van der Waals surface area contributed by atoms with Crippen molar-refractivity contribution in [3.63, 3.8) is 0 Å². The van der Waals surface area contributed by atoms with Gasteiger partial charge in [0.2, 0.25) is 0 Å². The molecular weight excluding hydrogens is 228 g/mol. The van der Waals surface area contributed by atoms with Crippen LogP contribution in [0.3, 0.4) is 0 Å². The molecule has 0 saturated carbocycles. The third kappa shape index (κ3) is 2.39. The van der Waals surface area contributed by atoms with E-state index in [1.165, 1.54) is 44.4 Å². The zero-order valence-corrected chi connectivity index (χ0v) is 12.0. The molecule has 3 heterocycles. The lowest BCUT2D eigenvalue weighted by Gasteiger charge is -2.41. The Morgan fingerprint density at radius 2 is 1.88 bits per heavy atom. The minimum atomic E-state index is 0.831. The van der Waals surface area contributed by atoms with Gasteiger partial charge in [-0.1, -0.05) is 13.8 Å². The average Bonchev–Trinajstić information content (AvgIpc) is 2.88. The summed E-state index contributed by atoms with van der Waals surface area (Å²) in [5.74, 6) is 1.38. The van der Waals surface area contributed by atoms with Crippen molar-refractivity contribution in [2.75, 3.05) is 12.3 Å². The van der Waals surface area contributed by atoms with Gasteiger partial charge in [0, 0.05) is 29.4 Å². The molecule has 0 aromatic rings. The van der Waals surface area contributed by atoms with Gasteiger partial charge in [0.05, 0.1) is 0 Å². The Morgan fingerprint density at radius 3 is 2.41 bits per heavy atom. The largest absolute Gasteiger partial charge is 0.311 e. The molecule has 0 radical (unpaired) electrons. The smallest absolute Gasteiger partial charge is 0.0222 e. The average molecular weight is 254 g/mol. The van der Waals surface area contributed by atoms with Gasteiger partial charge in [0.15, 0.2) is 0 Å². The Labute approximate surface area is 110 Å². The Hall–Kier alpha value is 0.270. The minimum absolute atomic E-state index is 0.831. The normalized spacial score (nSPS) is 45.7. The molecule has 0 aromatic carbocycles. The highest BCUT2D eigenvalue weighted by molar-refractivity contribution is 8.00. The summed E-state index contributed by atoms with van der Waals surface area (Å²) in [5.41, 5.74) is 0. The van der Waals surface area contributed by atoms with Crippen molar-refractivity contribution in [1.82, 2.24) is 10.2 Å². The molecule has 98 valence electrons. The van der Waals surface area contributed by atoms with E-state index in [2.05, 4.69) is 35.8 Å². The van der Waals surface area contributed by atoms with Crippen LogP contribution in [0, 0.1) is 0 Å². The highest BCUT2D eigenvalue weighted by Crippen LogP contribution is 2.36. The quantitative estimate of drug-likeness (QED) is 0.833. The predicted octanol–water partition coefficient (Wildman–Crippen LogP) is 2.49. The lowest BCUT2D eigenvalue weighted by atomic mass is 9.95. The first-order valence-corrected chi connectivity index (χ1v) is 8.46. The van der Waals surface area contributed by atoms with Gasteiger partial charge < -0.3 is 5.32 Å². The van der Waals surface area contributed by atoms with E-state index in [9.17, 15) is 0 Å². The lowest BCUT2D eigenvalue weighted by Crippen LogP contribution is -2.52. The van der Waals surface area contributed by atoms with Crippen LogP contribution in [0.5, 0.6) is 0 Å². The van der Waals surface area contributed by atoms with E-state index < -0.39 is 0 Å². The molecule has 4 atom stereocenters. The van der Waals surface area contributed by atoms with E-state index in [1.807, 2.05) is 0 Å². The second-order valence-corrected chi connectivity index (χ2v) is 7.51. The van der Waals surface area contributed by atoms with Gasteiger partial charge in [-0.15, -0.1) is 0 Å². The summed E-state index contributed by atoms with van der Waals surface area (Å²) in [7, 11) is 0. The fraction of sp³-hybridized carbons (Fsp3) is 1.00. The molecule has 17 heavy (non-hydrogen) atoms. The molecule has 3 fully saturated rings. The first-order chi connectivity index (χ1) is 8.28.